The third-order valence-corrected chi connectivity index (χ3v) is 7.55. The van der Waals surface area contributed by atoms with Crippen LogP contribution in [0.25, 0.3) is 0 Å². The van der Waals surface area contributed by atoms with Crippen molar-refractivity contribution in [3.63, 3.8) is 0 Å². The molecule has 0 aliphatic carbocycles. The normalized spacial score (nSPS) is 19.6. The molecule has 1 aliphatic rings. The van der Waals surface area contributed by atoms with E-state index in [4.69, 9.17) is 0 Å². The molecule has 0 bridgehead atoms. The summed E-state index contributed by atoms with van der Waals surface area (Å²) in [4.78, 5) is 14.6. The fourth-order valence-corrected chi connectivity index (χ4v) is 4.95. The molecule has 2 aromatic rings. The van der Waals surface area contributed by atoms with Crippen LogP contribution in [0.5, 0.6) is 0 Å². The molecule has 3 rings (SSSR count). The molecule has 1 heterocycles. The lowest BCUT2D eigenvalue weighted by atomic mass is 9.95. The van der Waals surface area contributed by atoms with Crippen molar-refractivity contribution >= 4 is 26.0 Å². The second kappa shape index (κ2) is 8.68. The summed E-state index contributed by atoms with van der Waals surface area (Å²) in [6.07, 6.45) is 0. The van der Waals surface area contributed by atoms with Crippen molar-refractivity contribution in [2.75, 3.05) is 20.1 Å². The second-order valence-corrected chi connectivity index (χ2v) is 10.4. The molecular formula is C20H23N3O5S2. The zero-order valence-electron chi connectivity index (χ0n) is 16.4. The molecule has 0 unspecified atom stereocenters. The number of carbonyl (C=O) groups is 1. The molecule has 2 N–H and O–H groups in total. The van der Waals surface area contributed by atoms with Crippen LogP contribution in [0.1, 0.15) is 21.8 Å². The van der Waals surface area contributed by atoms with Gasteiger partial charge >= 0.3 is 0 Å². The van der Waals surface area contributed by atoms with E-state index in [-0.39, 0.29) is 23.3 Å². The number of carbonyl (C=O) groups excluding carboxylic acids is 1. The molecule has 2 atom stereocenters. The Balaban J connectivity index is 1.85. The van der Waals surface area contributed by atoms with Crippen LogP contribution < -0.4 is 9.44 Å². The first-order chi connectivity index (χ1) is 14.2. The number of benzene rings is 2. The van der Waals surface area contributed by atoms with Gasteiger partial charge in [-0.2, -0.15) is 0 Å². The molecular weight excluding hydrogens is 426 g/mol. The predicted octanol–water partition coefficient (Wildman–Crippen LogP) is 1.27. The Kier molecular flexibility index (Phi) is 6.41. The summed E-state index contributed by atoms with van der Waals surface area (Å²) in [7, 11) is -5.97. The van der Waals surface area contributed by atoms with Crippen molar-refractivity contribution in [1.82, 2.24) is 14.3 Å². The van der Waals surface area contributed by atoms with Gasteiger partial charge in [0, 0.05) is 36.0 Å². The first-order valence-corrected chi connectivity index (χ1v) is 12.2. The molecule has 160 valence electrons. The van der Waals surface area contributed by atoms with Gasteiger partial charge in [-0.3, -0.25) is 4.79 Å². The zero-order valence-corrected chi connectivity index (χ0v) is 18.0. The van der Waals surface area contributed by atoms with E-state index in [1.54, 1.807) is 4.90 Å². The van der Waals surface area contributed by atoms with E-state index < -0.39 is 26.1 Å². The second-order valence-electron chi connectivity index (χ2n) is 6.90. The summed E-state index contributed by atoms with van der Waals surface area (Å²) in [6, 6.07) is 14.5. The summed E-state index contributed by atoms with van der Waals surface area (Å²) in [6.45, 7) is 3.83. The Bertz CT molecular complexity index is 1130. The molecule has 1 amide bonds. The maximum Gasteiger partial charge on any atom is 0.253 e. The quantitative estimate of drug-likeness (QED) is 0.661. The van der Waals surface area contributed by atoms with Gasteiger partial charge in [0.2, 0.25) is 20.0 Å². The fourth-order valence-electron chi connectivity index (χ4n) is 3.46. The minimum atomic E-state index is -3.68. The van der Waals surface area contributed by atoms with Crippen LogP contribution in [0.2, 0.25) is 0 Å². The van der Waals surface area contributed by atoms with E-state index in [1.165, 1.54) is 31.3 Å². The van der Waals surface area contributed by atoms with Gasteiger partial charge in [0.25, 0.3) is 5.91 Å². The average molecular weight is 450 g/mol. The minimum Gasteiger partial charge on any atom is -0.336 e. The van der Waals surface area contributed by atoms with E-state index in [0.717, 1.165) is 11.0 Å². The smallest absolute Gasteiger partial charge is 0.253 e. The van der Waals surface area contributed by atoms with Gasteiger partial charge in [0.1, 0.15) is 0 Å². The Labute approximate surface area is 176 Å². The number of hydrogen-bond donors (Lipinski definition) is 2. The number of nitrogens with one attached hydrogen (secondary N) is 2. The van der Waals surface area contributed by atoms with E-state index in [1.807, 2.05) is 30.3 Å². The molecule has 1 aliphatic heterocycles. The summed E-state index contributed by atoms with van der Waals surface area (Å²) in [5.74, 6) is -0.529. The SMILES string of the molecule is C=CS(=O)(=O)N[C@@H]1CN(C(=O)c2ccc(S(=O)(=O)NC)cc2)C[C@H]1c1ccccc1. The molecule has 0 spiro atoms. The van der Waals surface area contributed by atoms with Crippen LogP contribution in [0.15, 0.2) is 71.5 Å². The number of likely N-dealkylation sites (tertiary alicyclic amines) is 1. The molecule has 0 saturated carbocycles. The third kappa shape index (κ3) is 4.78. The topological polar surface area (TPSA) is 113 Å². The van der Waals surface area contributed by atoms with Crippen molar-refractivity contribution in [3.8, 4) is 0 Å². The zero-order chi connectivity index (χ0) is 21.9. The van der Waals surface area contributed by atoms with E-state index in [2.05, 4.69) is 16.0 Å². The highest BCUT2D eigenvalue weighted by Gasteiger charge is 2.38. The summed E-state index contributed by atoms with van der Waals surface area (Å²) >= 11 is 0. The molecule has 1 saturated heterocycles. The standard InChI is InChI=1S/C20H23N3O5S2/c1-3-29(25,26)22-19-14-23(13-18(19)15-7-5-4-6-8-15)20(24)16-9-11-17(12-10-16)30(27,28)21-2/h3-12,18-19,21-22H,1,13-14H2,2H3/t18-,19+/m0/s1. The van der Waals surface area contributed by atoms with Crippen molar-refractivity contribution in [3.05, 3.63) is 77.7 Å². The van der Waals surface area contributed by atoms with Gasteiger partial charge in [-0.1, -0.05) is 36.9 Å². The highest BCUT2D eigenvalue weighted by atomic mass is 32.2. The van der Waals surface area contributed by atoms with Crippen LogP contribution in [0, 0.1) is 0 Å². The monoisotopic (exact) mass is 449 g/mol. The Morgan fingerprint density at radius 3 is 2.23 bits per heavy atom. The lowest BCUT2D eigenvalue weighted by Crippen LogP contribution is -2.39. The third-order valence-electron chi connectivity index (χ3n) is 5.05. The number of rotatable bonds is 7. The van der Waals surface area contributed by atoms with Crippen LogP contribution in [-0.4, -0.2) is 53.8 Å². The highest BCUT2D eigenvalue weighted by Crippen LogP contribution is 2.29. The maximum absolute atomic E-state index is 13.0. The number of nitrogens with zero attached hydrogens (tertiary/aromatic N) is 1. The first-order valence-electron chi connectivity index (χ1n) is 9.19. The van der Waals surface area contributed by atoms with Crippen LogP contribution in [0.3, 0.4) is 0 Å². The maximum atomic E-state index is 13.0. The minimum absolute atomic E-state index is 0.0572. The number of sulfonamides is 2. The lowest BCUT2D eigenvalue weighted by molar-refractivity contribution is 0.0788. The van der Waals surface area contributed by atoms with Gasteiger partial charge < -0.3 is 4.90 Å². The summed E-state index contributed by atoms with van der Waals surface area (Å²) < 4.78 is 52.6. The molecule has 0 aromatic heterocycles. The summed E-state index contributed by atoms with van der Waals surface area (Å²) in [5.41, 5.74) is 1.24. The Morgan fingerprint density at radius 2 is 1.67 bits per heavy atom. The van der Waals surface area contributed by atoms with Crippen molar-refractivity contribution in [2.45, 2.75) is 16.9 Å². The van der Waals surface area contributed by atoms with Crippen LogP contribution in [0.4, 0.5) is 0 Å². The van der Waals surface area contributed by atoms with Gasteiger partial charge in [-0.05, 0) is 36.9 Å². The highest BCUT2D eigenvalue weighted by molar-refractivity contribution is 7.92. The molecule has 10 heteroatoms. The van der Waals surface area contributed by atoms with Crippen molar-refractivity contribution in [2.24, 2.45) is 0 Å². The molecule has 0 radical (unpaired) electrons. The van der Waals surface area contributed by atoms with Gasteiger partial charge in [-0.25, -0.2) is 26.3 Å². The van der Waals surface area contributed by atoms with E-state index in [0.29, 0.717) is 12.1 Å². The van der Waals surface area contributed by atoms with Gasteiger partial charge in [0.05, 0.1) is 4.90 Å². The lowest BCUT2D eigenvalue weighted by Gasteiger charge is -2.18. The Morgan fingerprint density at radius 1 is 1.03 bits per heavy atom. The average Bonchev–Trinajstić information content (AvgIpc) is 3.17. The molecule has 30 heavy (non-hydrogen) atoms. The number of amides is 1. The van der Waals surface area contributed by atoms with Crippen LogP contribution in [-0.2, 0) is 20.0 Å². The first kappa shape index (κ1) is 22.2. The van der Waals surface area contributed by atoms with E-state index >= 15 is 0 Å². The van der Waals surface area contributed by atoms with Crippen LogP contribution >= 0.6 is 0 Å². The molecule has 2 aromatic carbocycles. The predicted molar refractivity (Wildman–Crippen MR) is 114 cm³/mol. The van der Waals surface area contributed by atoms with Gasteiger partial charge in [0.15, 0.2) is 0 Å². The Hall–Kier alpha value is -2.53. The molecule has 8 nitrogen and oxygen atoms in total. The largest absolute Gasteiger partial charge is 0.336 e. The summed E-state index contributed by atoms with van der Waals surface area (Å²) in [5, 5.41) is 0.848. The van der Waals surface area contributed by atoms with Crippen molar-refractivity contribution in [1.29, 1.82) is 0 Å². The fraction of sp³-hybridized carbons (Fsp3) is 0.250. The molecule has 1 fully saturated rings. The van der Waals surface area contributed by atoms with Crippen molar-refractivity contribution < 1.29 is 21.6 Å². The van der Waals surface area contributed by atoms with E-state index in [9.17, 15) is 21.6 Å². The number of hydrogen-bond acceptors (Lipinski definition) is 5. The van der Waals surface area contributed by atoms with Gasteiger partial charge in [-0.15, -0.1) is 0 Å².